The van der Waals surface area contributed by atoms with E-state index >= 15 is 0 Å². The van der Waals surface area contributed by atoms with Crippen LogP contribution in [0.15, 0.2) is 0 Å². The predicted octanol–water partition coefficient (Wildman–Crippen LogP) is 1.61. The molecular formula is C8H18N2S2. The lowest BCUT2D eigenvalue weighted by molar-refractivity contribution is 0.727. The van der Waals surface area contributed by atoms with Crippen molar-refractivity contribution in [2.75, 3.05) is 18.1 Å². The Bertz CT molecular complexity index is 128. The van der Waals surface area contributed by atoms with E-state index in [0.29, 0.717) is 6.04 Å². The summed E-state index contributed by atoms with van der Waals surface area (Å²) in [5.74, 6) is 2.28. The predicted molar refractivity (Wildman–Crippen MR) is 61.9 cm³/mol. The number of hydrogen-bond donors (Lipinski definition) is 2. The summed E-state index contributed by atoms with van der Waals surface area (Å²) in [4.78, 5) is 0. The first-order valence-electron chi connectivity index (χ1n) is 4.32. The van der Waals surface area contributed by atoms with E-state index in [1.807, 2.05) is 18.7 Å². The van der Waals surface area contributed by atoms with Crippen LogP contribution in [-0.4, -0.2) is 29.2 Å². The highest BCUT2D eigenvalue weighted by Crippen LogP contribution is 2.00. The molecule has 0 fully saturated rings. The fourth-order valence-electron chi connectivity index (χ4n) is 0.772. The van der Waals surface area contributed by atoms with E-state index in [9.17, 15) is 0 Å². The van der Waals surface area contributed by atoms with E-state index in [2.05, 4.69) is 24.5 Å². The maximum absolute atomic E-state index is 5.05. The van der Waals surface area contributed by atoms with Gasteiger partial charge in [-0.25, -0.2) is 0 Å². The third kappa shape index (κ3) is 6.73. The fourth-order valence-corrected chi connectivity index (χ4v) is 1.79. The first-order valence-corrected chi connectivity index (χ1v) is 5.89. The Balaban J connectivity index is 3.40. The molecule has 0 heterocycles. The quantitative estimate of drug-likeness (QED) is 0.668. The molecule has 0 amide bonds. The minimum absolute atomic E-state index is 0.460. The third-order valence-corrected chi connectivity index (χ3v) is 2.69. The normalized spacial score (nSPS) is 12.2. The maximum Gasteiger partial charge on any atom is 0.166 e. The Morgan fingerprint density at radius 1 is 1.50 bits per heavy atom. The van der Waals surface area contributed by atoms with E-state index in [1.54, 1.807) is 0 Å². The zero-order valence-corrected chi connectivity index (χ0v) is 9.65. The van der Waals surface area contributed by atoms with Gasteiger partial charge in [0.25, 0.3) is 0 Å². The first kappa shape index (κ1) is 12.0. The van der Waals surface area contributed by atoms with Crippen molar-refractivity contribution in [3.8, 4) is 0 Å². The van der Waals surface area contributed by atoms with Crippen LogP contribution in [0.4, 0.5) is 0 Å². The van der Waals surface area contributed by atoms with Crippen molar-refractivity contribution in [1.82, 2.24) is 10.6 Å². The summed E-state index contributed by atoms with van der Waals surface area (Å²) in [5, 5.41) is 7.04. The van der Waals surface area contributed by atoms with Gasteiger partial charge < -0.3 is 10.6 Å². The van der Waals surface area contributed by atoms with Gasteiger partial charge >= 0.3 is 0 Å². The third-order valence-electron chi connectivity index (χ3n) is 1.29. The van der Waals surface area contributed by atoms with Gasteiger partial charge in [-0.05, 0) is 31.8 Å². The lowest BCUT2D eigenvalue weighted by Gasteiger charge is -2.15. The summed E-state index contributed by atoms with van der Waals surface area (Å²) >= 11 is 6.97. The average Bonchev–Trinajstić information content (AvgIpc) is 2.01. The number of thiocarbonyl (C=S) groups is 1. The Labute approximate surface area is 84.9 Å². The topological polar surface area (TPSA) is 24.1 Å². The molecule has 0 saturated carbocycles. The van der Waals surface area contributed by atoms with Crippen molar-refractivity contribution in [2.45, 2.75) is 26.8 Å². The molecule has 0 aromatic rings. The largest absolute Gasteiger partial charge is 0.363 e. The molecule has 0 aliphatic heterocycles. The van der Waals surface area contributed by atoms with E-state index < -0.39 is 0 Å². The molecule has 72 valence electrons. The van der Waals surface area contributed by atoms with Crippen molar-refractivity contribution >= 4 is 29.1 Å². The summed E-state index contributed by atoms with van der Waals surface area (Å²) in [6.07, 6.45) is 0. The lowest BCUT2D eigenvalue weighted by atomic mass is 10.4. The second kappa shape index (κ2) is 7.68. The summed E-state index contributed by atoms with van der Waals surface area (Å²) in [6.45, 7) is 7.24. The standard InChI is InChI=1S/C8H18N2S2/c1-4-9-8(11)10-7(3)6-12-5-2/h7H,4-6H2,1-3H3,(H2,9,10,11). The van der Waals surface area contributed by atoms with Crippen molar-refractivity contribution in [2.24, 2.45) is 0 Å². The average molecular weight is 206 g/mol. The molecule has 0 bridgehead atoms. The molecule has 2 N–H and O–H groups in total. The van der Waals surface area contributed by atoms with Gasteiger partial charge in [-0.15, -0.1) is 0 Å². The second-order valence-corrected chi connectivity index (χ2v) is 4.29. The van der Waals surface area contributed by atoms with Crippen LogP contribution < -0.4 is 10.6 Å². The molecule has 1 unspecified atom stereocenters. The van der Waals surface area contributed by atoms with Gasteiger partial charge in [0.1, 0.15) is 0 Å². The molecule has 1 atom stereocenters. The monoisotopic (exact) mass is 206 g/mol. The van der Waals surface area contributed by atoms with Crippen LogP contribution in [0.5, 0.6) is 0 Å². The van der Waals surface area contributed by atoms with E-state index in [1.165, 1.54) is 5.75 Å². The highest BCUT2D eigenvalue weighted by atomic mass is 32.2. The molecule has 0 aromatic carbocycles. The summed E-state index contributed by atoms with van der Waals surface area (Å²) in [6, 6.07) is 0.460. The first-order chi connectivity index (χ1) is 5.70. The van der Waals surface area contributed by atoms with Crippen molar-refractivity contribution in [3.05, 3.63) is 0 Å². The Morgan fingerprint density at radius 2 is 2.17 bits per heavy atom. The van der Waals surface area contributed by atoms with Crippen molar-refractivity contribution < 1.29 is 0 Å². The zero-order chi connectivity index (χ0) is 9.40. The van der Waals surface area contributed by atoms with Crippen LogP contribution in [0.2, 0.25) is 0 Å². The molecule has 4 heteroatoms. The smallest absolute Gasteiger partial charge is 0.166 e. The molecule has 0 saturated heterocycles. The minimum atomic E-state index is 0.460. The zero-order valence-electron chi connectivity index (χ0n) is 8.02. The van der Waals surface area contributed by atoms with Crippen LogP contribution in [0, 0.1) is 0 Å². The molecule has 12 heavy (non-hydrogen) atoms. The number of nitrogens with one attached hydrogen (secondary N) is 2. The van der Waals surface area contributed by atoms with Gasteiger partial charge in [0.2, 0.25) is 0 Å². The highest BCUT2D eigenvalue weighted by Gasteiger charge is 2.01. The lowest BCUT2D eigenvalue weighted by Crippen LogP contribution is -2.41. The number of hydrogen-bond acceptors (Lipinski definition) is 2. The number of rotatable bonds is 5. The molecule has 0 aromatic heterocycles. The SMILES string of the molecule is CCNC(=S)NC(C)CSCC. The van der Waals surface area contributed by atoms with Gasteiger partial charge in [-0.1, -0.05) is 6.92 Å². The molecule has 0 radical (unpaired) electrons. The molecular weight excluding hydrogens is 188 g/mol. The molecule has 0 aliphatic carbocycles. The van der Waals surface area contributed by atoms with Crippen LogP contribution in [-0.2, 0) is 0 Å². The maximum atomic E-state index is 5.05. The number of thioether (sulfide) groups is 1. The molecule has 0 spiro atoms. The molecule has 0 aliphatic rings. The van der Waals surface area contributed by atoms with Crippen molar-refractivity contribution in [1.29, 1.82) is 0 Å². The van der Waals surface area contributed by atoms with Crippen LogP contribution >= 0.6 is 24.0 Å². The molecule has 0 rings (SSSR count). The Hall–Kier alpha value is 0.0400. The molecule has 2 nitrogen and oxygen atoms in total. The van der Waals surface area contributed by atoms with Crippen LogP contribution in [0.3, 0.4) is 0 Å². The van der Waals surface area contributed by atoms with Gasteiger partial charge in [-0.2, -0.15) is 11.8 Å². The van der Waals surface area contributed by atoms with Gasteiger partial charge in [0.15, 0.2) is 5.11 Å². The Kier molecular flexibility index (Phi) is 7.70. The van der Waals surface area contributed by atoms with Gasteiger partial charge in [0, 0.05) is 18.3 Å². The Morgan fingerprint density at radius 3 is 2.67 bits per heavy atom. The van der Waals surface area contributed by atoms with E-state index in [-0.39, 0.29) is 0 Å². The minimum Gasteiger partial charge on any atom is -0.363 e. The van der Waals surface area contributed by atoms with Gasteiger partial charge in [0.05, 0.1) is 0 Å². The second-order valence-electron chi connectivity index (χ2n) is 2.56. The fraction of sp³-hybridized carbons (Fsp3) is 0.875. The van der Waals surface area contributed by atoms with E-state index in [4.69, 9.17) is 12.2 Å². The summed E-state index contributed by atoms with van der Waals surface area (Å²) < 4.78 is 0. The highest BCUT2D eigenvalue weighted by molar-refractivity contribution is 7.99. The van der Waals surface area contributed by atoms with Crippen LogP contribution in [0.1, 0.15) is 20.8 Å². The van der Waals surface area contributed by atoms with Gasteiger partial charge in [-0.3, -0.25) is 0 Å². The van der Waals surface area contributed by atoms with Crippen molar-refractivity contribution in [3.63, 3.8) is 0 Å². The van der Waals surface area contributed by atoms with E-state index in [0.717, 1.165) is 17.4 Å². The summed E-state index contributed by atoms with van der Waals surface area (Å²) in [5.41, 5.74) is 0. The summed E-state index contributed by atoms with van der Waals surface area (Å²) in [7, 11) is 0. The van der Waals surface area contributed by atoms with Crippen LogP contribution in [0.25, 0.3) is 0 Å².